The normalized spacial score (nSPS) is 13.1. The zero-order valence-electron chi connectivity index (χ0n) is 7.84. The van der Waals surface area contributed by atoms with Crippen molar-refractivity contribution in [1.82, 2.24) is 0 Å². The summed E-state index contributed by atoms with van der Waals surface area (Å²) in [5.74, 6) is 0. The Morgan fingerprint density at radius 3 is 2.64 bits per heavy atom. The van der Waals surface area contributed by atoms with E-state index in [1.807, 2.05) is 11.4 Å². The summed E-state index contributed by atoms with van der Waals surface area (Å²) >= 11 is 1.42. The highest BCUT2D eigenvalue weighted by molar-refractivity contribution is 7.58. The van der Waals surface area contributed by atoms with Crippen molar-refractivity contribution >= 4 is 25.0 Å². The monoisotopic (exact) mass is 234 g/mol. The molecule has 0 atom stereocenters. The molecule has 78 valence electrons. The van der Waals surface area contributed by atoms with Gasteiger partial charge in [0.15, 0.2) is 0 Å². The third-order valence-electron chi connectivity index (χ3n) is 1.58. The molecule has 0 saturated heterocycles. The number of aliphatic hydroxyl groups is 1. The van der Waals surface area contributed by atoms with Crippen molar-refractivity contribution in [2.45, 2.75) is 0 Å². The minimum Gasteiger partial charge on any atom is -0.501 e. The summed E-state index contributed by atoms with van der Waals surface area (Å²) in [7, 11) is -1.04. The van der Waals surface area contributed by atoms with E-state index in [1.54, 1.807) is 6.07 Å². The van der Waals surface area contributed by atoms with Crippen molar-refractivity contribution in [3.63, 3.8) is 0 Å². The second-order valence-electron chi connectivity index (χ2n) is 2.38. The summed E-state index contributed by atoms with van der Waals surface area (Å²) in [6.07, 6.45) is 1.37. The highest BCUT2D eigenvalue weighted by atomic mass is 32.1. The molecule has 1 rings (SSSR count). The third-order valence-corrected chi connectivity index (χ3v) is 4.05. The van der Waals surface area contributed by atoms with Gasteiger partial charge in [-0.05, 0) is 11.4 Å². The van der Waals surface area contributed by atoms with E-state index in [9.17, 15) is 9.67 Å². The van der Waals surface area contributed by atoms with E-state index in [0.717, 1.165) is 4.88 Å². The summed E-state index contributed by atoms with van der Waals surface area (Å²) in [6, 6.07) is 3.62. The van der Waals surface area contributed by atoms with Gasteiger partial charge in [0.2, 0.25) is 5.50 Å². The molecule has 0 fully saturated rings. The van der Waals surface area contributed by atoms with Crippen molar-refractivity contribution < 1.29 is 18.7 Å². The van der Waals surface area contributed by atoms with E-state index < -0.39 is 7.60 Å². The molecule has 1 N–H and O–H groups in total. The summed E-state index contributed by atoms with van der Waals surface area (Å²) in [4.78, 5) is 0.789. The lowest BCUT2D eigenvalue weighted by Gasteiger charge is -2.11. The van der Waals surface area contributed by atoms with Gasteiger partial charge in [-0.25, -0.2) is 0 Å². The third kappa shape index (κ3) is 2.45. The minimum atomic E-state index is -3.49. The molecule has 1 aromatic rings. The van der Waals surface area contributed by atoms with Crippen LogP contribution in [-0.2, 0) is 13.6 Å². The number of thiophene rings is 1. The summed E-state index contributed by atoms with van der Waals surface area (Å²) < 4.78 is 20.9. The first-order chi connectivity index (χ1) is 6.62. The van der Waals surface area contributed by atoms with Crippen LogP contribution >= 0.6 is 18.9 Å². The first-order valence-electron chi connectivity index (χ1n) is 3.78. The number of aliphatic hydroxyl groups excluding tert-OH is 1. The SMILES string of the molecule is COP(=O)(OC)C(O)=Cc1cccs1. The standard InChI is InChI=1S/C8H11O4PS/c1-11-13(10,12-2)8(9)6-7-4-3-5-14-7/h3-6,9H,1-2H3. The highest BCUT2D eigenvalue weighted by Gasteiger charge is 2.27. The lowest BCUT2D eigenvalue weighted by Crippen LogP contribution is -1.91. The Morgan fingerprint density at radius 2 is 2.21 bits per heavy atom. The van der Waals surface area contributed by atoms with Gasteiger partial charge in [-0.2, -0.15) is 0 Å². The molecule has 0 aliphatic rings. The zero-order chi connectivity index (χ0) is 10.6. The molecule has 0 aliphatic carbocycles. The van der Waals surface area contributed by atoms with E-state index in [2.05, 4.69) is 9.05 Å². The molecule has 0 radical (unpaired) electrons. The maximum absolute atomic E-state index is 11.6. The molecule has 6 heteroatoms. The first-order valence-corrected chi connectivity index (χ1v) is 6.21. The van der Waals surface area contributed by atoms with Gasteiger partial charge in [-0.15, -0.1) is 11.3 Å². The van der Waals surface area contributed by atoms with Gasteiger partial charge < -0.3 is 14.2 Å². The summed E-state index contributed by atoms with van der Waals surface area (Å²) in [5.41, 5.74) is -0.384. The van der Waals surface area contributed by atoms with Crippen LogP contribution in [0.25, 0.3) is 6.08 Å². The topological polar surface area (TPSA) is 55.8 Å². The molecule has 0 saturated carbocycles. The van der Waals surface area contributed by atoms with Crippen LogP contribution in [-0.4, -0.2) is 19.3 Å². The Balaban J connectivity index is 2.94. The predicted octanol–water partition coefficient (Wildman–Crippen LogP) is 3.09. The molecule has 0 aliphatic heterocycles. The average Bonchev–Trinajstić information content (AvgIpc) is 2.69. The Kier molecular flexibility index (Phi) is 3.89. The Bertz CT molecular complexity index is 349. The van der Waals surface area contributed by atoms with Crippen LogP contribution in [0.4, 0.5) is 0 Å². The van der Waals surface area contributed by atoms with Gasteiger partial charge >= 0.3 is 7.60 Å². The molecule has 4 nitrogen and oxygen atoms in total. The Hall–Kier alpha value is -0.610. The quantitative estimate of drug-likeness (QED) is 0.642. The molecule has 1 aromatic heterocycles. The summed E-state index contributed by atoms with van der Waals surface area (Å²) in [6.45, 7) is 0. The molecule has 0 unspecified atom stereocenters. The smallest absolute Gasteiger partial charge is 0.394 e. The molecule has 0 bridgehead atoms. The zero-order valence-corrected chi connectivity index (χ0v) is 9.55. The fourth-order valence-corrected chi connectivity index (χ4v) is 2.40. The minimum absolute atomic E-state index is 0.384. The van der Waals surface area contributed by atoms with Crippen molar-refractivity contribution in [1.29, 1.82) is 0 Å². The van der Waals surface area contributed by atoms with E-state index in [-0.39, 0.29) is 5.50 Å². The fraction of sp³-hybridized carbons (Fsp3) is 0.250. The van der Waals surface area contributed by atoms with Crippen LogP contribution < -0.4 is 0 Å². The second-order valence-corrected chi connectivity index (χ2v) is 5.54. The average molecular weight is 234 g/mol. The Labute approximate surface area is 86.3 Å². The van der Waals surface area contributed by atoms with Gasteiger partial charge in [-0.1, -0.05) is 6.07 Å². The molecule has 14 heavy (non-hydrogen) atoms. The van der Waals surface area contributed by atoms with Crippen LogP contribution in [0.5, 0.6) is 0 Å². The van der Waals surface area contributed by atoms with Crippen molar-refractivity contribution in [3.8, 4) is 0 Å². The largest absolute Gasteiger partial charge is 0.501 e. The molecule has 1 heterocycles. The van der Waals surface area contributed by atoms with Crippen LogP contribution in [0, 0.1) is 0 Å². The van der Waals surface area contributed by atoms with E-state index in [0.29, 0.717) is 0 Å². The van der Waals surface area contributed by atoms with Crippen LogP contribution in [0.3, 0.4) is 0 Å². The molecule has 0 aromatic carbocycles. The second kappa shape index (κ2) is 4.75. The highest BCUT2D eigenvalue weighted by Crippen LogP contribution is 2.53. The van der Waals surface area contributed by atoms with Gasteiger partial charge in [0.25, 0.3) is 0 Å². The van der Waals surface area contributed by atoms with Gasteiger partial charge in [-0.3, -0.25) is 4.57 Å². The van der Waals surface area contributed by atoms with Gasteiger partial charge in [0, 0.05) is 25.2 Å². The van der Waals surface area contributed by atoms with E-state index >= 15 is 0 Å². The number of hydrogen-bond donors (Lipinski definition) is 1. The predicted molar refractivity (Wildman–Crippen MR) is 56.5 cm³/mol. The fourth-order valence-electron chi connectivity index (χ4n) is 0.841. The molecule has 0 amide bonds. The lowest BCUT2D eigenvalue weighted by atomic mass is 10.5. The molecular formula is C8H11O4PS. The van der Waals surface area contributed by atoms with Gasteiger partial charge in [0.05, 0.1) is 0 Å². The maximum atomic E-state index is 11.6. The van der Waals surface area contributed by atoms with Crippen LogP contribution in [0.15, 0.2) is 23.0 Å². The molecular weight excluding hydrogens is 223 g/mol. The number of hydrogen-bond acceptors (Lipinski definition) is 5. The van der Waals surface area contributed by atoms with Gasteiger partial charge in [0.1, 0.15) is 0 Å². The van der Waals surface area contributed by atoms with Crippen LogP contribution in [0.2, 0.25) is 0 Å². The maximum Gasteiger partial charge on any atom is 0.394 e. The van der Waals surface area contributed by atoms with Crippen LogP contribution in [0.1, 0.15) is 4.88 Å². The van der Waals surface area contributed by atoms with Crippen molar-refractivity contribution in [2.24, 2.45) is 0 Å². The van der Waals surface area contributed by atoms with Crippen molar-refractivity contribution in [2.75, 3.05) is 14.2 Å². The van der Waals surface area contributed by atoms with E-state index in [4.69, 9.17) is 0 Å². The lowest BCUT2D eigenvalue weighted by molar-refractivity contribution is 0.262. The van der Waals surface area contributed by atoms with Crippen molar-refractivity contribution in [3.05, 3.63) is 27.9 Å². The number of rotatable bonds is 4. The molecule has 0 spiro atoms. The summed E-state index contributed by atoms with van der Waals surface area (Å²) in [5, 5.41) is 11.3. The first kappa shape index (κ1) is 11.5. The Morgan fingerprint density at radius 1 is 1.57 bits per heavy atom. The van der Waals surface area contributed by atoms with E-state index in [1.165, 1.54) is 31.6 Å².